The van der Waals surface area contributed by atoms with Crippen molar-refractivity contribution in [3.8, 4) is 5.75 Å². The summed E-state index contributed by atoms with van der Waals surface area (Å²) in [6, 6.07) is 20.0. The van der Waals surface area contributed by atoms with Gasteiger partial charge in [0.1, 0.15) is 11.8 Å². The molecule has 0 radical (unpaired) electrons. The van der Waals surface area contributed by atoms with E-state index in [2.05, 4.69) is 10.0 Å². The lowest BCUT2D eigenvalue weighted by atomic mass is 10.1. The number of anilines is 1. The van der Waals surface area contributed by atoms with Crippen molar-refractivity contribution in [3.05, 3.63) is 89.5 Å². The van der Waals surface area contributed by atoms with Crippen LogP contribution >= 0.6 is 0 Å². The fourth-order valence-corrected chi connectivity index (χ4v) is 4.42. The van der Waals surface area contributed by atoms with Crippen LogP contribution in [0.15, 0.2) is 77.7 Å². The van der Waals surface area contributed by atoms with E-state index in [1.807, 2.05) is 63.2 Å². The molecule has 0 saturated carbocycles. The Balaban J connectivity index is 1.84. The fraction of sp³-hybridized carbons (Fsp3) is 0.240. The smallest absolute Gasteiger partial charge is 0.242 e. The van der Waals surface area contributed by atoms with Crippen molar-refractivity contribution >= 4 is 21.6 Å². The summed E-state index contributed by atoms with van der Waals surface area (Å²) in [4.78, 5) is 13.2. The number of nitrogens with one attached hydrogen (secondary N) is 2. The molecule has 0 aliphatic rings. The van der Waals surface area contributed by atoms with Gasteiger partial charge in [0.15, 0.2) is 0 Å². The molecule has 0 aliphatic carbocycles. The number of aryl methyl sites for hydroxylation is 2. The van der Waals surface area contributed by atoms with Crippen molar-refractivity contribution in [2.24, 2.45) is 0 Å². The standard InChI is InChI=1S/C25H28N2O4S/c1-4-31-22-12-14-23(15-13-22)32(29,30)27-24(17-20-8-6-5-7-9-20)25(28)26-21-11-10-18(2)19(3)16-21/h5-16,24,27H,4,17H2,1-3H3,(H,26,28)/t24-/m0/s1. The zero-order valence-corrected chi connectivity index (χ0v) is 19.3. The average Bonchev–Trinajstić information content (AvgIpc) is 2.77. The van der Waals surface area contributed by atoms with E-state index in [4.69, 9.17) is 4.74 Å². The van der Waals surface area contributed by atoms with Crippen LogP contribution in [0.2, 0.25) is 0 Å². The number of ether oxygens (including phenoxy) is 1. The summed E-state index contributed by atoms with van der Waals surface area (Å²) in [5.74, 6) is 0.159. The molecule has 32 heavy (non-hydrogen) atoms. The lowest BCUT2D eigenvalue weighted by Crippen LogP contribution is -2.45. The Hall–Kier alpha value is -3.16. The Labute approximate surface area is 189 Å². The average molecular weight is 453 g/mol. The first-order valence-electron chi connectivity index (χ1n) is 10.5. The Morgan fingerprint density at radius 3 is 2.25 bits per heavy atom. The molecule has 0 saturated heterocycles. The Bertz CT molecular complexity index is 1160. The van der Waals surface area contributed by atoms with E-state index >= 15 is 0 Å². The summed E-state index contributed by atoms with van der Waals surface area (Å²) in [5.41, 5.74) is 3.62. The van der Waals surface area contributed by atoms with Gasteiger partial charge in [-0.1, -0.05) is 36.4 Å². The molecule has 7 heteroatoms. The molecule has 3 aromatic carbocycles. The Morgan fingerprint density at radius 2 is 1.62 bits per heavy atom. The van der Waals surface area contributed by atoms with Gasteiger partial charge in [0.05, 0.1) is 11.5 Å². The maximum Gasteiger partial charge on any atom is 0.242 e. The zero-order chi connectivity index (χ0) is 23.1. The number of benzene rings is 3. The molecular formula is C25H28N2O4S. The minimum absolute atomic E-state index is 0.0676. The molecule has 3 rings (SSSR count). The highest BCUT2D eigenvalue weighted by Crippen LogP contribution is 2.18. The largest absolute Gasteiger partial charge is 0.494 e. The predicted octanol–water partition coefficient (Wildman–Crippen LogP) is 4.23. The van der Waals surface area contributed by atoms with Crippen LogP contribution in [-0.2, 0) is 21.2 Å². The second-order valence-electron chi connectivity index (χ2n) is 7.56. The Kier molecular flexibility index (Phi) is 7.66. The summed E-state index contributed by atoms with van der Waals surface area (Å²) in [6.07, 6.45) is 0.216. The fourth-order valence-electron chi connectivity index (χ4n) is 3.22. The molecule has 1 atom stereocenters. The minimum Gasteiger partial charge on any atom is -0.494 e. The molecule has 0 unspecified atom stereocenters. The van der Waals surface area contributed by atoms with Crippen molar-refractivity contribution in [1.82, 2.24) is 4.72 Å². The molecule has 0 heterocycles. The van der Waals surface area contributed by atoms with E-state index in [1.54, 1.807) is 18.2 Å². The third-order valence-electron chi connectivity index (χ3n) is 5.12. The number of rotatable bonds is 9. The topological polar surface area (TPSA) is 84.5 Å². The van der Waals surface area contributed by atoms with Crippen molar-refractivity contribution in [2.45, 2.75) is 38.1 Å². The summed E-state index contributed by atoms with van der Waals surface area (Å²) >= 11 is 0. The van der Waals surface area contributed by atoms with Gasteiger partial charge in [-0.3, -0.25) is 4.79 Å². The first-order valence-corrected chi connectivity index (χ1v) is 11.9. The number of carbonyl (C=O) groups excluding carboxylic acids is 1. The van der Waals surface area contributed by atoms with Gasteiger partial charge in [0.2, 0.25) is 15.9 Å². The maximum absolute atomic E-state index is 13.1. The van der Waals surface area contributed by atoms with E-state index in [9.17, 15) is 13.2 Å². The first-order chi connectivity index (χ1) is 15.3. The summed E-state index contributed by atoms with van der Waals surface area (Å²) in [6.45, 7) is 6.29. The highest BCUT2D eigenvalue weighted by molar-refractivity contribution is 7.89. The quantitative estimate of drug-likeness (QED) is 0.509. The highest BCUT2D eigenvalue weighted by Gasteiger charge is 2.26. The van der Waals surface area contributed by atoms with Gasteiger partial charge in [-0.25, -0.2) is 8.42 Å². The number of hydrogen-bond donors (Lipinski definition) is 2. The second kappa shape index (κ2) is 10.4. The SMILES string of the molecule is CCOc1ccc(S(=O)(=O)N[C@@H](Cc2ccccc2)C(=O)Nc2ccc(C)c(C)c2)cc1. The van der Waals surface area contributed by atoms with Gasteiger partial charge in [0, 0.05) is 5.69 Å². The number of carbonyl (C=O) groups is 1. The highest BCUT2D eigenvalue weighted by atomic mass is 32.2. The van der Waals surface area contributed by atoms with Crippen molar-refractivity contribution in [3.63, 3.8) is 0 Å². The molecule has 168 valence electrons. The minimum atomic E-state index is -3.93. The summed E-state index contributed by atoms with van der Waals surface area (Å²) in [5, 5.41) is 2.84. The third kappa shape index (κ3) is 6.18. The van der Waals surface area contributed by atoms with Crippen molar-refractivity contribution < 1.29 is 17.9 Å². The lowest BCUT2D eigenvalue weighted by Gasteiger charge is -2.19. The Morgan fingerprint density at radius 1 is 0.938 bits per heavy atom. The van der Waals surface area contributed by atoms with E-state index in [1.165, 1.54) is 12.1 Å². The summed E-state index contributed by atoms with van der Waals surface area (Å²) in [7, 11) is -3.93. The van der Waals surface area contributed by atoms with E-state index < -0.39 is 22.0 Å². The van der Waals surface area contributed by atoms with Gasteiger partial charge in [-0.15, -0.1) is 0 Å². The number of sulfonamides is 1. The zero-order valence-electron chi connectivity index (χ0n) is 18.5. The van der Waals surface area contributed by atoms with Gasteiger partial charge in [-0.05, 0) is 80.3 Å². The van der Waals surface area contributed by atoms with Crippen LogP contribution in [-0.4, -0.2) is 27.0 Å². The van der Waals surface area contributed by atoms with Crippen LogP contribution in [0, 0.1) is 13.8 Å². The molecule has 2 N–H and O–H groups in total. The van der Waals surface area contributed by atoms with Crippen molar-refractivity contribution in [2.75, 3.05) is 11.9 Å². The van der Waals surface area contributed by atoms with Crippen LogP contribution < -0.4 is 14.8 Å². The number of hydrogen-bond acceptors (Lipinski definition) is 4. The van der Waals surface area contributed by atoms with Crippen LogP contribution in [0.4, 0.5) is 5.69 Å². The second-order valence-corrected chi connectivity index (χ2v) is 9.27. The first kappa shape index (κ1) is 23.5. The number of amides is 1. The maximum atomic E-state index is 13.1. The molecule has 0 bridgehead atoms. The third-order valence-corrected chi connectivity index (χ3v) is 6.60. The molecule has 1 amide bonds. The van der Waals surface area contributed by atoms with Crippen LogP contribution in [0.25, 0.3) is 0 Å². The normalized spacial score (nSPS) is 12.2. The molecular weight excluding hydrogens is 424 g/mol. The molecule has 3 aromatic rings. The van der Waals surface area contributed by atoms with E-state index in [0.29, 0.717) is 18.0 Å². The van der Waals surface area contributed by atoms with E-state index in [-0.39, 0.29) is 11.3 Å². The molecule has 0 spiro atoms. The molecule has 0 aromatic heterocycles. The van der Waals surface area contributed by atoms with E-state index in [0.717, 1.165) is 16.7 Å². The molecule has 0 aliphatic heterocycles. The van der Waals surface area contributed by atoms with Gasteiger partial charge < -0.3 is 10.1 Å². The molecule has 0 fully saturated rings. The van der Waals surface area contributed by atoms with Gasteiger partial charge in [-0.2, -0.15) is 4.72 Å². The van der Waals surface area contributed by atoms with Gasteiger partial charge >= 0.3 is 0 Å². The molecule has 6 nitrogen and oxygen atoms in total. The lowest BCUT2D eigenvalue weighted by molar-refractivity contribution is -0.117. The van der Waals surface area contributed by atoms with Crippen LogP contribution in [0.1, 0.15) is 23.6 Å². The van der Waals surface area contributed by atoms with Crippen molar-refractivity contribution in [1.29, 1.82) is 0 Å². The van der Waals surface area contributed by atoms with Crippen LogP contribution in [0.5, 0.6) is 5.75 Å². The van der Waals surface area contributed by atoms with Gasteiger partial charge in [0.25, 0.3) is 0 Å². The van der Waals surface area contributed by atoms with Crippen LogP contribution in [0.3, 0.4) is 0 Å². The monoisotopic (exact) mass is 452 g/mol. The predicted molar refractivity (Wildman–Crippen MR) is 126 cm³/mol. The summed E-state index contributed by atoms with van der Waals surface area (Å²) < 4.78 is 34.0.